The van der Waals surface area contributed by atoms with E-state index in [0.717, 1.165) is 23.3 Å². The second kappa shape index (κ2) is 5.57. The molecule has 19 heavy (non-hydrogen) atoms. The molecule has 0 unspecified atom stereocenters. The minimum Gasteiger partial charge on any atom is -0.497 e. The molecule has 4 heteroatoms. The van der Waals surface area contributed by atoms with Gasteiger partial charge >= 0.3 is 0 Å². The molecular weight excluding hydrogens is 322 g/mol. The Morgan fingerprint density at radius 1 is 1.21 bits per heavy atom. The fraction of sp³-hybridized carbons (Fsp3) is 0.200. The maximum absolute atomic E-state index is 5.18. The average molecular weight is 336 g/mol. The molecule has 0 N–H and O–H groups in total. The summed E-state index contributed by atoms with van der Waals surface area (Å²) in [5.41, 5.74) is 2.71. The van der Waals surface area contributed by atoms with Gasteiger partial charge in [-0.1, -0.05) is 34.1 Å². The van der Waals surface area contributed by atoms with E-state index in [4.69, 9.17) is 4.74 Å². The molecule has 0 fully saturated rings. The molecule has 2 nitrogen and oxygen atoms in total. The predicted octanol–water partition coefficient (Wildman–Crippen LogP) is 4.48. The van der Waals surface area contributed by atoms with Crippen LogP contribution in [0.4, 0.5) is 0 Å². The van der Waals surface area contributed by atoms with E-state index in [1.807, 2.05) is 24.1 Å². The normalized spacial score (nSPS) is 14.4. The molecule has 1 aliphatic heterocycles. The van der Waals surface area contributed by atoms with Crippen molar-refractivity contribution >= 4 is 27.9 Å². The van der Waals surface area contributed by atoms with Gasteiger partial charge in [0.15, 0.2) is 0 Å². The van der Waals surface area contributed by atoms with Crippen LogP contribution in [0.2, 0.25) is 0 Å². The van der Waals surface area contributed by atoms with Crippen molar-refractivity contribution in [3.05, 3.63) is 58.1 Å². The van der Waals surface area contributed by atoms with Gasteiger partial charge in [0, 0.05) is 22.5 Å². The van der Waals surface area contributed by atoms with E-state index in [2.05, 4.69) is 50.6 Å². The Hall–Kier alpha value is -0.970. The zero-order chi connectivity index (χ0) is 13.2. The maximum Gasteiger partial charge on any atom is 0.118 e. The molecule has 1 heterocycles. The summed E-state index contributed by atoms with van der Waals surface area (Å²) in [6, 6.07) is 14.8. The lowest BCUT2D eigenvalue weighted by Gasteiger charge is -2.13. The van der Waals surface area contributed by atoms with Gasteiger partial charge in [0.2, 0.25) is 0 Å². The highest BCUT2D eigenvalue weighted by Gasteiger charge is 2.20. The van der Waals surface area contributed by atoms with E-state index >= 15 is 0 Å². The molecule has 0 atom stereocenters. The summed E-state index contributed by atoms with van der Waals surface area (Å²) >= 11 is 5.35. The van der Waals surface area contributed by atoms with Crippen LogP contribution < -0.4 is 4.74 Å². The monoisotopic (exact) mass is 335 g/mol. The van der Waals surface area contributed by atoms with Crippen LogP contribution in [0.5, 0.6) is 5.75 Å². The van der Waals surface area contributed by atoms with Crippen LogP contribution >= 0.6 is 27.9 Å². The molecule has 0 aromatic heterocycles. The molecule has 0 amide bonds. The Bertz CT molecular complexity index is 585. The van der Waals surface area contributed by atoms with Crippen molar-refractivity contribution in [3.8, 4) is 5.75 Å². The summed E-state index contributed by atoms with van der Waals surface area (Å²) < 4.78 is 8.70. The standard InChI is InChI=1S/C15H14BrNOS/c1-18-14-6-2-11(3-7-14)9-17-10-12-4-5-13(16)8-15(12)19-17/h2-8H,9-10H2,1H3. The Kier molecular flexibility index (Phi) is 3.82. The number of rotatable bonds is 3. The van der Waals surface area contributed by atoms with Crippen molar-refractivity contribution < 1.29 is 4.74 Å². The molecule has 2 aromatic rings. The highest BCUT2D eigenvalue weighted by atomic mass is 79.9. The molecular formula is C15H14BrNOS. The van der Waals surface area contributed by atoms with Gasteiger partial charge in [0.25, 0.3) is 0 Å². The third kappa shape index (κ3) is 2.96. The van der Waals surface area contributed by atoms with Crippen LogP contribution in [0.1, 0.15) is 11.1 Å². The van der Waals surface area contributed by atoms with Crippen molar-refractivity contribution in [3.63, 3.8) is 0 Å². The SMILES string of the molecule is COc1ccc(CN2Cc3ccc(Br)cc3S2)cc1. The van der Waals surface area contributed by atoms with E-state index in [1.54, 1.807) is 7.11 Å². The molecule has 0 saturated heterocycles. The van der Waals surface area contributed by atoms with Crippen molar-refractivity contribution in [1.29, 1.82) is 0 Å². The highest BCUT2D eigenvalue weighted by molar-refractivity contribution is 9.10. The quantitative estimate of drug-likeness (QED) is 0.767. The van der Waals surface area contributed by atoms with Gasteiger partial charge in [-0.25, -0.2) is 4.31 Å². The van der Waals surface area contributed by atoms with Gasteiger partial charge in [-0.15, -0.1) is 0 Å². The van der Waals surface area contributed by atoms with Gasteiger partial charge in [0.05, 0.1) is 7.11 Å². The summed E-state index contributed by atoms with van der Waals surface area (Å²) in [5, 5.41) is 0. The van der Waals surface area contributed by atoms with Crippen LogP contribution in [-0.4, -0.2) is 11.4 Å². The minimum absolute atomic E-state index is 0.907. The summed E-state index contributed by atoms with van der Waals surface area (Å²) in [4.78, 5) is 1.35. The lowest BCUT2D eigenvalue weighted by Crippen LogP contribution is -2.09. The Balaban J connectivity index is 1.69. The summed E-state index contributed by atoms with van der Waals surface area (Å²) in [6.07, 6.45) is 0. The number of hydrogen-bond acceptors (Lipinski definition) is 3. The minimum atomic E-state index is 0.907. The van der Waals surface area contributed by atoms with Gasteiger partial charge < -0.3 is 4.74 Å². The number of ether oxygens (including phenoxy) is 1. The first-order valence-electron chi connectivity index (χ1n) is 6.09. The first-order valence-corrected chi connectivity index (χ1v) is 7.65. The molecule has 0 saturated carbocycles. The zero-order valence-electron chi connectivity index (χ0n) is 10.6. The van der Waals surface area contributed by atoms with Gasteiger partial charge in [-0.2, -0.15) is 0 Å². The largest absolute Gasteiger partial charge is 0.497 e. The summed E-state index contributed by atoms with van der Waals surface area (Å²) in [7, 11) is 1.69. The molecule has 2 aromatic carbocycles. The molecule has 0 radical (unpaired) electrons. The zero-order valence-corrected chi connectivity index (χ0v) is 13.0. The van der Waals surface area contributed by atoms with E-state index in [9.17, 15) is 0 Å². The molecule has 0 aliphatic carbocycles. The second-order valence-electron chi connectivity index (χ2n) is 4.49. The fourth-order valence-electron chi connectivity index (χ4n) is 2.13. The first-order chi connectivity index (χ1) is 9.24. The van der Waals surface area contributed by atoms with Crippen molar-refractivity contribution in [2.75, 3.05) is 7.11 Å². The summed E-state index contributed by atoms with van der Waals surface area (Å²) in [5.74, 6) is 0.907. The number of hydrogen-bond donors (Lipinski definition) is 0. The van der Waals surface area contributed by atoms with Gasteiger partial charge in [-0.3, -0.25) is 0 Å². The predicted molar refractivity (Wildman–Crippen MR) is 82.2 cm³/mol. The number of benzene rings is 2. The molecule has 3 rings (SSSR count). The van der Waals surface area contributed by atoms with Crippen LogP contribution in [0.25, 0.3) is 0 Å². The molecule has 1 aliphatic rings. The fourth-order valence-corrected chi connectivity index (χ4v) is 3.77. The van der Waals surface area contributed by atoms with E-state index < -0.39 is 0 Å². The van der Waals surface area contributed by atoms with Crippen LogP contribution in [0.3, 0.4) is 0 Å². The van der Waals surface area contributed by atoms with Gasteiger partial charge in [-0.05, 0) is 47.3 Å². The third-order valence-corrected chi connectivity index (χ3v) is 4.71. The smallest absolute Gasteiger partial charge is 0.118 e. The lowest BCUT2D eigenvalue weighted by atomic mass is 10.2. The average Bonchev–Trinajstić information content (AvgIpc) is 2.81. The Morgan fingerprint density at radius 3 is 2.74 bits per heavy atom. The number of fused-ring (bicyclic) bond motifs is 1. The van der Waals surface area contributed by atoms with Crippen LogP contribution in [-0.2, 0) is 13.1 Å². The third-order valence-electron chi connectivity index (χ3n) is 3.12. The lowest BCUT2D eigenvalue weighted by molar-refractivity contribution is 0.414. The molecule has 98 valence electrons. The van der Waals surface area contributed by atoms with Crippen molar-refractivity contribution in [1.82, 2.24) is 4.31 Å². The first kappa shape index (κ1) is 13.0. The van der Waals surface area contributed by atoms with Crippen LogP contribution in [0.15, 0.2) is 51.8 Å². The van der Waals surface area contributed by atoms with E-state index in [1.165, 1.54) is 16.0 Å². The van der Waals surface area contributed by atoms with Crippen LogP contribution in [0, 0.1) is 0 Å². The van der Waals surface area contributed by atoms with E-state index in [0.29, 0.717) is 0 Å². The second-order valence-corrected chi connectivity index (χ2v) is 6.54. The molecule has 0 spiro atoms. The number of methoxy groups -OCH3 is 1. The topological polar surface area (TPSA) is 12.5 Å². The number of nitrogens with zero attached hydrogens (tertiary/aromatic N) is 1. The maximum atomic E-state index is 5.18. The Labute approximate surface area is 126 Å². The highest BCUT2D eigenvalue weighted by Crippen LogP contribution is 2.38. The summed E-state index contributed by atoms with van der Waals surface area (Å²) in [6.45, 7) is 1.94. The van der Waals surface area contributed by atoms with Crippen molar-refractivity contribution in [2.45, 2.75) is 18.0 Å². The Morgan fingerprint density at radius 2 is 2.00 bits per heavy atom. The van der Waals surface area contributed by atoms with Gasteiger partial charge in [0.1, 0.15) is 5.75 Å². The van der Waals surface area contributed by atoms with Crippen molar-refractivity contribution in [2.24, 2.45) is 0 Å². The molecule has 0 bridgehead atoms. The number of halogens is 1. The van der Waals surface area contributed by atoms with E-state index in [-0.39, 0.29) is 0 Å².